The minimum atomic E-state index is -0.483. The Kier molecular flexibility index (Phi) is 6.95. The fourth-order valence-electron chi connectivity index (χ4n) is 2.83. The molecule has 1 fully saturated rings. The Bertz CT molecular complexity index is 1000. The van der Waals surface area contributed by atoms with E-state index in [4.69, 9.17) is 4.74 Å². The largest absolute Gasteiger partial charge is 0.490 e. The number of nitrogens with zero attached hydrogens (tertiary/aromatic N) is 1. The quantitative estimate of drug-likeness (QED) is 0.643. The van der Waals surface area contributed by atoms with E-state index in [0.29, 0.717) is 17.0 Å². The molecule has 2 aromatic carbocycles. The Morgan fingerprint density at radius 3 is 2.60 bits per heavy atom. The average molecular weight is 425 g/mol. The highest BCUT2D eigenvalue weighted by Gasteiger charge is 2.36. The molecule has 0 spiro atoms. The molecule has 3 rings (SSSR count). The predicted molar refractivity (Wildman–Crippen MR) is 119 cm³/mol. The Morgan fingerprint density at radius 2 is 1.87 bits per heavy atom. The van der Waals surface area contributed by atoms with E-state index in [1.54, 1.807) is 12.1 Å². The lowest BCUT2D eigenvalue weighted by Gasteiger charge is -2.15. The molecule has 1 heterocycles. The first-order valence-electron chi connectivity index (χ1n) is 9.75. The minimum Gasteiger partial charge on any atom is -0.490 e. The van der Waals surface area contributed by atoms with Gasteiger partial charge in [0, 0.05) is 11.3 Å². The Hall–Kier alpha value is -3.06. The third-order valence-electron chi connectivity index (χ3n) is 4.70. The number of carbonyl (C=O) groups is 3. The second-order valence-electron chi connectivity index (χ2n) is 7.01. The van der Waals surface area contributed by atoms with Crippen LogP contribution in [0.4, 0.5) is 10.5 Å². The molecule has 0 unspecified atom stereocenters. The SMILES string of the molecule is CC[C@@H](C)Oc1ccccc1/C=C1/SC(=O)N(CC(=O)Nc2ccccc2C)C1=O. The van der Waals surface area contributed by atoms with Gasteiger partial charge in [0.2, 0.25) is 5.91 Å². The Morgan fingerprint density at radius 1 is 1.17 bits per heavy atom. The molecule has 1 atom stereocenters. The third-order valence-corrected chi connectivity index (χ3v) is 5.61. The maximum atomic E-state index is 12.8. The maximum Gasteiger partial charge on any atom is 0.294 e. The van der Waals surface area contributed by atoms with Crippen LogP contribution in [0.15, 0.2) is 53.4 Å². The number of rotatable bonds is 7. The number of carbonyl (C=O) groups excluding carboxylic acids is 3. The number of hydrogen-bond acceptors (Lipinski definition) is 5. The second-order valence-corrected chi connectivity index (χ2v) is 8.00. The summed E-state index contributed by atoms with van der Waals surface area (Å²) in [4.78, 5) is 38.7. The van der Waals surface area contributed by atoms with Gasteiger partial charge in [-0.2, -0.15) is 0 Å². The summed E-state index contributed by atoms with van der Waals surface area (Å²) in [5.41, 5.74) is 2.27. The third kappa shape index (κ3) is 5.10. The topological polar surface area (TPSA) is 75.7 Å². The molecule has 0 bridgehead atoms. The van der Waals surface area contributed by atoms with Gasteiger partial charge >= 0.3 is 0 Å². The maximum absolute atomic E-state index is 12.8. The van der Waals surface area contributed by atoms with Crippen LogP contribution in [0.2, 0.25) is 0 Å². The van der Waals surface area contributed by atoms with Crippen molar-refractivity contribution in [3.8, 4) is 5.75 Å². The smallest absolute Gasteiger partial charge is 0.294 e. The van der Waals surface area contributed by atoms with Gasteiger partial charge in [-0.3, -0.25) is 19.3 Å². The van der Waals surface area contributed by atoms with Crippen LogP contribution in [-0.2, 0) is 9.59 Å². The van der Waals surface area contributed by atoms with E-state index in [-0.39, 0.29) is 17.6 Å². The molecule has 30 heavy (non-hydrogen) atoms. The highest BCUT2D eigenvalue weighted by atomic mass is 32.2. The Balaban J connectivity index is 1.73. The van der Waals surface area contributed by atoms with Crippen LogP contribution in [0.5, 0.6) is 5.75 Å². The first kappa shape index (κ1) is 21.6. The van der Waals surface area contributed by atoms with Crippen molar-refractivity contribution in [1.82, 2.24) is 4.90 Å². The monoisotopic (exact) mass is 424 g/mol. The van der Waals surface area contributed by atoms with E-state index in [0.717, 1.165) is 28.6 Å². The Labute approximate surface area is 180 Å². The number of amides is 3. The van der Waals surface area contributed by atoms with E-state index >= 15 is 0 Å². The molecule has 0 aromatic heterocycles. The summed E-state index contributed by atoms with van der Waals surface area (Å²) in [7, 11) is 0. The van der Waals surface area contributed by atoms with Crippen LogP contribution in [0.1, 0.15) is 31.4 Å². The zero-order chi connectivity index (χ0) is 21.7. The molecule has 6 nitrogen and oxygen atoms in total. The molecule has 0 radical (unpaired) electrons. The summed E-state index contributed by atoms with van der Waals surface area (Å²) in [6, 6.07) is 14.7. The van der Waals surface area contributed by atoms with Crippen LogP contribution in [0, 0.1) is 6.92 Å². The predicted octanol–water partition coefficient (Wildman–Crippen LogP) is 4.85. The summed E-state index contributed by atoms with van der Waals surface area (Å²) < 4.78 is 5.91. The summed E-state index contributed by atoms with van der Waals surface area (Å²) in [6.07, 6.45) is 2.52. The lowest BCUT2D eigenvalue weighted by molar-refractivity contribution is -0.127. The van der Waals surface area contributed by atoms with Crippen molar-refractivity contribution >= 4 is 40.6 Å². The molecule has 1 aliphatic heterocycles. The number of imide groups is 1. The molecule has 1 N–H and O–H groups in total. The van der Waals surface area contributed by atoms with Gasteiger partial charge in [-0.05, 0) is 55.8 Å². The minimum absolute atomic E-state index is 0.0275. The lowest BCUT2D eigenvalue weighted by atomic mass is 10.1. The molecule has 1 aliphatic rings. The van der Waals surface area contributed by atoms with Crippen LogP contribution in [-0.4, -0.2) is 34.6 Å². The van der Waals surface area contributed by atoms with Crippen molar-refractivity contribution in [3.05, 3.63) is 64.6 Å². The average Bonchev–Trinajstić information content (AvgIpc) is 2.98. The van der Waals surface area contributed by atoms with Crippen LogP contribution >= 0.6 is 11.8 Å². The van der Waals surface area contributed by atoms with Gasteiger partial charge in [0.15, 0.2) is 0 Å². The van der Waals surface area contributed by atoms with Crippen LogP contribution in [0.25, 0.3) is 6.08 Å². The van der Waals surface area contributed by atoms with Gasteiger partial charge in [0.05, 0.1) is 11.0 Å². The first-order valence-corrected chi connectivity index (χ1v) is 10.6. The van der Waals surface area contributed by atoms with Gasteiger partial charge in [-0.1, -0.05) is 43.3 Å². The van der Waals surface area contributed by atoms with Crippen molar-refractivity contribution < 1.29 is 19.1 Å². The van der Waals surface area contributed by atoms with Gasteiger partial charge in [0.1, 0.15) is 12.3 Å². The summed E-state index contributed by atoms with van der Waals surface area (Å²) in [6.45, 7) is 5.54. The molecule has 1 saturated heterocycles. The summed E-state index contributed by atoms with van der Waals surface area (Å²) >= 11 is 0.824. The van der Waals surface area contributed by atoms with E-state index in [2.05, 4.69) is 5.32 Å². The molecule has 2 aromatic rings. The molecular formula is C23H24N2O4S. The number of benzene rings is 2. The molecular weight excluding hydrogens is 400 g/mol. The lowest BCUT2D eigenvalue weighted by Crippen LogP contribution is -2.36. The van der Waals surface area contributed by atoms with Gasteiger partial charge in [-0.15, -0.1) is 0 Å². The number of nitrogens with one attached hydrogen (secondary N) is 1. The van der Waals surface area contributed by atoms with Gasteiger partial charge < -0.3 is 10.1 Å². The standard InChI is InChI=1S/C23H24N2O4S/c1-4-16(3)29-19-12-8-6-10-17(19)13-20-22(27)25(23(28)30-20)14-21(26)24-18-11-7-5-9-15(18)2/h5-13,16H,4,14H2,1-3H3,(H,24,26)/b20-13+/t16-/m1/s1. The van der Waals surface area contributed by atoms with E-state index in [1.165, 1.54) is 0 Å². The fourth-order valence-corrected chi connectivity index (χ4v) is 3.66. The number of aryl methyl sites for hydroxylation is 1. The van der Waals surface area contributed by atoms with E-state index in [1.807, 2.05) is 63.2 Å². The fraction of sp³-hybridized carbons (Fsp3) is 0.261. The first-order chi connectivity index (χ1) is 14.4. The van der Waals surface area contributed by atoms with Crippen molar-refractivity contribution in [1.29, 1.82) is 0 Å². The number of anilines is 1. The highest BCUT2D eigenvalue weighted by molar-refractivity contribution is 8.18. The number of para-hydroxylation sites is 2. The van der Waals surface area contributed by atoms with E-state index < -0.39 is 17.1 Å². The van der Waals surface area contributed by atoms with Gasteiger partial charge in [-0.25, -0.2) is 0 Å². The molecule has 7 heteroatoms. The van der Waals surface area contributed by atoms with E-state index in [9.17, 15) is 14.4 Å². The van der Waals surface area contributed by atoms with Crippen molar-refractivity contribution in [3.63, 3.8) is 0 Å². The molecule has 0 saturated carbocycles. The summed E-state index contributed by atoms with van der Waals surface area (Å²) in [5, 5.41) is 2.28. The molecule has 3 amide bonds. The van der Waals surface area contributed by atoms with Crippen LogP contribution < -0.4 is 10.1 Å². The number of hydrogen-bond donors (Lipinski definition) is 1. The van der Waals surface area contributed by atoms with Crippen LogP contribution in [0.3, 0.4) is 0 Å². The van der Waals surface area contributed by atoms with Gasteiger partial charge in [0.25, 0.3) is 11.1 Å². The zero-order valence-electron chi connectivity index (χ0n) is 17.2. The second kappa shape index (κ2) is 9.63. The number of ether oxygens (including phenoxy) is 1. The summed E-state index contributed by atoms with van der Waals surface area (Å²) in [5.74, 6) is -0.257. The highest BCUT2D eigenvalue weighted by Crippen LogP contribution is 2.34. The molecule has 156 valence electrons. The van der Waals surface area contributed by atoms with Crippen molar-refractivity contribution in [2.45, 2.75) is 33.3 Å². The normalized spacial score (nSPS) is 16.1. The van der Waals surface area contributed by atoms with Crippen molar-refractivity contribution in [2.24, 2.45) is 0 Å². The zero-order valence-corrected chi connectivity index (χ0v) is 18.0. The number of thioether (sulfide) groups is 1. The molecule has 0 aliphatic carbocycles. The van der Waals surface area contributed by atoms with Crippen molar-refractivity contribution in [2.75, 3.05) is 11.9 Å².